The highest BCUT2D eigenvalue weighted by Gasteiger charge is 2.54. The summed E-state index contributed by atoms with van der Waals surface area (Å²) in [7, 11) is -2.27. The molecule has 82 valence electrons. The van der Waals surface area contributed by atoms with Gasteiger partial charge in [-0.2, -0.15) is 0 Å². The van der Waals surface area contributed by atoms with Crippen LogP contribution in [0.1, 0.15) is 27.7 Å². The minimum Gasteiger partial charge on any atom is -0.453 e. The molecule has 14 heavy (non-hydrogen) atoms. The predicted octanol–water partition coefficient (Wildman–Crippen LogP) is 0.906. The predicted molar refractivity (Wildman–Crippen MR) is 52.6 cm³/mol. The Hall–Kier alpha value is -0.780. The van der Waals surface area contributed by atoms with Crippen molar-refractivity contribution in [1.29, 1.82) is 0 Å². The zero-order valence-electron chi connectivity index (χ0n) is 8.99. The summed E-state index contributed by atoms with van der Waals surface area (Å²) in [6.45, 7) is 6.55. The Labute approximate surface area is 84.2 Å². The zero-order chi connectivity index (χ0) is 11.2. The van der Waals surface area contributed by atoms with Crippen LogP contribution in [0, 0.1) is 0 Å². The van der Waals surface area contributed by atoms with Gasteiger partial charge in [-0.25, -0.2) is 8.42 Å². The Morgan fingerprint density at radius 3 is 2.14 bits per heavy atom. The van der Waals surface area contributed by atoms with Crippen molar-refractivity contribution in [3.8, 4) is 0 Å². The van der Waals surface area contributed by atoms with Crippen LogP contribution in [0.25, 0.3) is 0 Å². The molecule has 0 unspecified atom stereocenters. The molecule has 0 aromatic rings. The maximum absolute atomic E-state index is 11.7. The molecule has 0 radical (unpaired) electrons. The number of hydrogen-bond donors (Lipinski definition) is 0. The van der Waals surface area contributed by atoms with Crippen LogP contribution in [-0.2, 0) is 19.5 Å². The lowest BCUT2D eigenvalue weighted by Gasteiger charge is -2.41. The van der Waals surface area contributed by atoms with Gasteiger partial charge in [0.05, 0.1) is 7.11 Å². The van der Waals surface area contributed by atoms with E-state index in [4.69, 9.17) is 9.47 Å². The summed E-state index contributed by atoms with van der Waals surface area (Å²) >= 11 is 0. The Bertz CT molecular complexity index is 367. The van der Waals surface area contributed by atoms with Gasteiger partial charge in [0, 0.05) is 0 Å². The number of ether oxygens (including phenoxy) is 2. The first-order valence-corrected chi connectivity index (χ1v) is 5.65. The van der Waals surface area contributed by atoms with Crippen molar-refractivity contribution in [3.05, 3.63) is 0 Å². The van der Waals surface area contributed by atoms with E-state index < -0.39 is 20.4 Å². The Morgan fingerprint density at radius 1 is 1.29 bits per heavy atom. The molecule has 0 atom stereocenters. The number of rotatable bonds is 0. The minimum absolute atomic E-state index is 0.200. The summed E-state index contributed by atoms with van der Waals surface area (Å²) in [6.07, 6.45) is -0.200. The van der Waals surface area contributed by atoms with Crippen molar-refractivity contribution >= 4 is 16.1 Å². The average Bonchev–Trinajstić information content (AvgIpc) is 1.99. The molecule has 0 saturated heterocycles. The van der Waals surface area contributed by atoms with Crippen LogP contribution >= 0.6 is 0 Å². The largest absolute Gasteiger partial charge is 0.453 e. The molecule has 0 aromatic carbocycles. The van der Waals surface area contributed by atoms with Gasteiger partial charge < -0.3 is 9.47 Å². The molecular weight excluding hydrogens is 206 g/mol. The lowest BCUT2D eigenvalue weighted by molar-refractivity contribution is 0.0203. The maximum atomic E-state index is 11.7. The van der Waals surface area contributed by atoms with E-state index in [2.05, 4.69) is 4.40 Å². The number of sulfonamides is 1. The Kier molecular flexibility index (Phi) is 2.30. The average molecular weight is 221 g/mol. The lowest BCUT2D eigenvalue weighted by atomic mass is 9.93. The Balaban J connectivity index is 3.34. The smallest absolute Gasteiger partial charge is 0.399 e. The molecule has 1 aliphatic rings. The van der Waals surface area contributed by atoms with Gasteiger partial charge in [0.2, 0.25) is 0 Å². The standard InChI is InChI=1S/C8H15NO4S/c1-7(2)8(3,4)14(10,11)9-6(12-5)13-7/h1-5H3. The van der Waals surface area contributed by atoms with Crippen molar-refractivity contribution in [2.75, 3.05) is 7.11 Å². The summed E-state index contributed by atoms with van der Waals surface area (Å²) in [4.78, 5) is 0. The molecule has 0 amide bonds. The summed E-state index contributed by atoms with van der Waals surface area (Å²) in [5.41, 5.74) is -0.862. The van der Waals surface area contributed by atoms with Crippen molar-refractivity contribution in [3.63, 3.8) is 0 Å². The fourth-order valence-corrected chi connectivity index (χ4v) is 2.16. The highest BCUT2D eigenvalue weighted by Crippen LogP contribution is 2.37. The van der Waals surface area contributed by atoms with Crippen molar-refractivity contribution in [1.82, 2.24) is 0 Å². The fourth-order valence-electron chi connectivity index (χ4n) is 0.962. The molecule has 1 heterocycles. The molecule has 0 aromatic heterocycles. The van der Waals surface area contributed by atoms with Gasteiger partial charge in [0.25, 0.3) is 10.0 Å². The van der Waals surface area contributed by atoms with Gasteiger partial charge in [0.15, 0.2) is 0 Å². The molecule has 1 rings (SSSR count). The lowest BCUT2D eigenvalue weighted by Crippen LogP contribution is -2.56. The highest BCUT2D eigenvalue weighted by atomic mass is 32.2. The normalized spacial score (nSPS) is 27.4. The summed E-state index contributed by atoms with van der Waals surface area (Å²) in [5.74, 6) is 0. The minimum atomic E-state index is -3.59. The van der Waals surface area contributed by atoms with Crippen LogP contribution < -0.4 is 0 Å². The van der Waals surface area contributed by atoms with E-state index in [1.807, 2.05) is 0 Å². The van der Waals surface area contributed by atoms with Crippen LogP contribution in [0.15, 0.2) is 4.40 Å². The van der Waals surface area contributed by atoms with E-state index in [0.29, 0.717) is 0 Å². The number of hydrogen-bond acceptors (Lipinski definition) is 4. The fraction of sp³-hybridized carbons (Fsp3) is 0.875. The van der Waals surface area contributed by atoms with Crippen LogP contribution in [0.3, 0.4) is 0 Å². The topological polar surface area (TPSA) is 65.0 Å². The molecular formula is C8H15NO4S. The van der Waals surface area contributed by atoms with Gasteiger partial charge >= 0.3 is 6.08 Å². The second-order valence-electron chi connectivity index (χ2n) is 4.16. The van der Waals surface area contributed by atoms with Gasteiger partial charge in [0.1, 0.15) is 10.3 Å². The molecule has 6 heteroatoms. The number of nitrogens with zero attached hydrogens (tertiary/aromatic N) is 1. The zero-order valence-corrected chi connectivity index (χ0v) is 9.80. The summed E-state index contributed by atoms with van der Waals surface area (Å²) < 4.78 is 35.9. The summed E-state index contributed by atoms with van der Waals surface area (Å²) in [6, 6.07) is 0. The van der Waals surface area contributed by atoms with Gasteiger partial charge in [-0.15, -0.1) is 0 Å². The molecule has 0 bridgehead atoms. The van der Waals surface area contributed by atoms with Crippen molar-refractivity contribution in [2.24, 2.45) is 4.40 Å². The quantitative estimate of drug-likeness (QED) is 0.609. The molecule has 0 N–H and O–H groups in total. The molecule has 5 nitrogen and oxygen atoms in total. The van der Waals surface area contributed by atoms with Crippen LogP contribution in [0.4, 0.5) is 0 Å². The first-order chi connectivity index (χ1) is 6.14. The highest BCUT2D eigenvalue weighted by molar-refractivity contribution is 7.91. The maximum Gasteiger partial charge on any atom is 0.399 e. The van der Waals surface area contributed by atoms with Crippen LogP contribution in [0.2, 0.25) is 0 Å². The summed E-state index contributed by atoms with van der Waals surface area (Å²) in [5, 5.41) is 0. The first-order valence-electron chi connectivity index (χ1n) is 4.21. The SMILES string of the molecule is COC1=NS(=O)(=O)C(C)(C)C(C)(C)O1. The second-order valence-corrected chi connectivity index (χ2v) is 6.31. The van der Waals surface area contributed by atoms with Gasteiger partial charge in [-0.05, 0) is 27.7 Å². The van der Waals surface area contributed by atoms with Crippen molar-refractivity contribution in [2.45, 2.75) is 38.0 Å². The second kappa shape index (κ2) is 2.85. The van der Waals surface area contributed by atoms with Gasteiger partial charge in [-0.3, -0.25) is 0 Å². The number of methoxy groups -OCH3 is 1. The molecule has 1 aliphatic heterocycles. The van der Waals surface area contributed by atoms with E-state index in [1.54, 1.807) is 27.7 Å². The third-order valence-corrected chi connectivity index (χ3v) is 4.98. The monoisotopic (exact) mass is 221 g/mol. The third kappa shape index (κ3) is 1.37. The van der Waals surface area contributed by atoms with Gasteiger partial charge in [-0.1, -0.05) is 4.40 Å². The molecule has 0 saturated carbocycles. The van der Waals surface area contributed by atoms with E-state index >= 15 is 0 Å². The van der Waals surface area contributed by atoms with E-state index in [9.17, 15) is 8.42 Å². The van der Waals surface area contributed by atoms with E-state index in [0.717, 1.165) is 0 Å². The van der Waals surface area contributed by atoms with Crippen LogP contribution in [-0.4, -0.2) is 32.0 Å². The van der Waals surface area contributed by atoms with Crippen LogP contribution in [0.5, 0.6) is 0 Å². The van der Waals surface area contributed by atoms with Crippen molar-refractivity contribution < 1.29 is 17.9 Å². The molecule has 0 spiro atoms. The molecule has 0 aliphatic carbocycles. The first kappa shape index (κ1) is 11.3. The molecule has 0 fully saturated rings. The van der Waals surface area contributed by atoms with E-state index in [-0.39, 0.29) is 6.08 Å². The Morgan fingerprint density at radius 2 is 1.79 bits per heavy atom. The third-order valence-electron chi connectivity index (χ3n) is 2.81. The van der Waals surface area contributed by atoms with E-state index in [1.165, 1.54) is 7.11 Å².